The molecule has 7 atom stereocenters. The van der Waals surface area contributed by atoms with E-state index in [2.05, 4.69) is 20.8 Å². The second-order valence-electron chi connectivity index (χ2n) is 14.3. The van der Waals surface area contributed by atoms with E-state index in [0.717, 1.165) is 50.0 Å². The van der Waals surface area contributed by atoms with Crippen LogP contribution in [0.3, 0.4) is 0 Å². The minimum atomic E-state index is -1.46. The molecular formula is C39H76O7. The third-order valence-electron chi connectivity index (χ3n) is 9.95. The van der Waals surface area contributed by atoms with E-state index >= 15 is 0 Å². The first-order valence-electron chi connectivity index (χ1n) is 19.6. The zero-order valence-electron chi connectivity index (χ0n) is 30.3. The van der Waals surface area contributed by atoms with Crippen molar-refractivity contribution in [2.75, 3.05) is 13.2 Å². The highest BCUT2D eigenvalue weighted by Crippen LogP contribution is 2.24. The smallest absolute Gasteiger partial charge is 0.187 e. The van der Waals surface area contributed by atoms with Crippen molar-refractivity contribution in [2.24, 2.45) is 5.92 Å². The monoisotopic (exact) mass is 657 g/mol. The first kappa shape index (κ1) is 43.5. The summed E-state index contributed by atoms with van der Waals surface area (Å²) in [7, 11) is 0. The largest absolute Gasteiger partial charge is 0.394 e. The predicted molar refractivity (Wildman–Crippen MR) is 190 cm³/mol. The Morgan fingerprint density at radius 2 is 1.13 bits per heavy atom. The Morgan fingerprint density at radius 3 is 1.63 bits per heavy atom. The van der Waals surface area contributed by atoms with Crippen LogP contribution in [0.2, 0.25) is 0 Å². The average molecular weight is 657 g/mol. The van der Waals surface area contributed by atoms with Crippen molar-refractivity contribution < 1.29 is 35.0 Å². The van der Waals surface area contributed by atoms with Gasteiger partial charge in [0.05, 0.1) is 19.3 Å². The van der Waals surface area contributed by atoms with Gasteiger partial charge in [0.25, 0.3) is 0 Å². The molecule has 7 nitrogen and oxygen atoms in total. The molecule has 274 valence electrons. The molecule has 1 aliphatic heterocycles. The lowest BCUT2D eigenvalue weighted by molar-refractivity contribution is -0.299. The molecule has 1 heterocycles. The number of rotatable bonds is 31. The van der Waals surface area contributed by atoms with Crippen LogP contribution in [0.15, 0.2) is 11.6 Å². The molecule has 1 rings (SSSR count). The summed E-state index contributed by atoms with van der Waals surface area (Å²) < 4.78 is 11.4. The molecule has 0 spiro atoms. The fourth-order valence-electron chi connectivity index (χ4n) is 6.43. The molecule has 1 unspecified atom stereocenters. The zero-order valence-corrected chi connectivity index (χ0v) is 30.3. The van der Waals surface area contributed by atoms with Gasteiger partial charge in [-0.2, -0.15) is 0 Å². The lowest BCUT2D eigenvalue weighted by Gasteiger charge is -2.39. The SMILES string of the molecule is CCCCCCCCCCCCCC/C(=C\[C@@H](O)CCCCCCCCCCCC(C)CC)CO[C@@H]1O[C@H](CO)[C@@H](O)[C@H](O)[C@H]1O. The van der Waals surface area contributed by atoms with Crippen LogP contribution in [-0.2, 0) is 9.47 Å². The Balaban J connectivity index is 2.39. The molecular weight excluding hydrogens is 580 g/mol. The van der Waals surface area contributed by atoms with E-state index in [1.54, 1.807) is 0 Å². The molecule has 0 saturated carbocycles. The highest BCUT2D eigenvalue weighted by Gasteiger charge is 2.44. The maximum Gasteiger partial charge on any atom is 0.187 e. The number of ether oxygens (including phenoxy) is 2. The Hall–Kier alpha value is -0.540. The molecule has 0 radical (unpaired) electrons. The number of hydrogen-bond acceptors (Lipinski definition) is 7. The van der Waals surface area contributed by atoms with Crippen LogP contribution in [0.5, 0.6) is 0 Å². The van der Waals surface area contributed by atoms with E-state index in [4.69, 9.17) is 9.47 Å². The predicted octanol–water partition coefficient (Wildman–Crippen LogP) is 8.52. The van der Waals surface area contributed by atoms with Crippen LogP contribution in [0.1, 0.15) is 181 Å². The Kier molecular flexibility index (Phi) is 27.8. The van der Waals surface area contributed by atoms with Gasteiger partial charge in [0.15, 0.2) is 6.29 Å². The Morgan fingerprint density at radius 1 is 0.652 bits per heavy atom. The van der Waals surface area contributed by atoms with Crippen molar-refractivity contribution in [3.63, 3.8) is 0 Å². The van der Waals surface area contributed by atoms with Crippen molar-refractivity contribution in [1.82, 2.24) is 0 Å². The van der Waals surface area contributed by atoms with Gasteiger partial charge < -0.3 is 35.0 Å². The van der Waals surface area contributed by atoms with Crippen molar-refractivity contribution >= 4 is 0 Å². The molecule has 1 aliphatic rings. The summed E-state index contributed by atoms with van der Waals surface area (Å²) in [6, 6.07) is 0. The van der Waals surface area contributed by atoms with Crippen LogP contribution >= 0.6 is 0 Å². The molecule has 0 aromatic carbocycles. The molecule has 46 heavy (non-hydrogen) atoms. The number of aliphatic hydroxyl groups excluding tert-OH is 5. The van der Waals surface area contributed by atoms with E-state index in [9.17, 15) is 25.5 Å². The van der Waals surface area contributed by atoms with E-state index in [1.807, 2.05) is 6.08 Å². The summed E-state index contributed by atoms with van der Waals surface area (Å²) in [6.07, 6.45) is 25.8. The van der Waals surface area contributed by atoms with E-state index < -0.39 is 43.4 Å². The van der Waals surface area contributed by atoms with Crippen LogP contribution in [0.4, 0.5) is 0 Å². The lowest BCUT2D eigenvalue weighted by Crippen LogP contribution is -2.59. The van der Waals surface area contributed by atoms with Crippen molar-refractivity contribution in [1.29, 1.82) is 0 Å². The van der Waals surface area contributed by atoms with E-state index in [0.29, 0.717) is 0 Å². The first-order valence-corrected chi connectivity index (χ1v) is 19.6. The second-order valence-corrected chi connectivity index (χ2v) is 14.3. The van der Waals surface area contributed by atoms with Gasteiger partial charge >= 0.3 is 0 Å². The van der Waals surface area contributed by atoms with Gasteiger partial charge in [0.2, 0.25) is 0 Å². The van der Waals surface area contributed by atoms with Gasteiger partial charge in [-0.05, 0) is 30.8 Å². The molecule has 0 aliphatic carbocycles. The number of unbranched alkanes of at least 4 members (excludes halogenated alkanes) is 19. The van der Waals surface area contributed by atoms with Crippen molar-refractivity contribution in [3.8, 4) is 0 Å². The van der Waals surface area contributed by atoms with Crippen LogP contribution in [0, 0.1) is 5.92 Å². The molecule has 0 bridgehead atoms. The minimum Gasteiger partial charge on any atom is -0.394 e. The fraction of sp³-hybridized carbons (Fsp3) is 0.949. The summed E-state index contributed by atoms with van der Waals surface area (Å²) in [5.41, 5.74) is 0.963. The minimum absolute atomic E-state index is 0.162. The number of aliphatic hydroxyl groups is 5. The van der Waals surface area contributed by atoms with Gasteiger partial charge in [-0.1, -0.05) is 168 Å². The van der Waals surface area contributed by atoms with Gasteiger partial charge in [0, 0.05) is 0 Å². The zero-order chi connectivity index (χ0) is 33.8. The maximum absolute atomic E-state index is 10.8. The summed E-state index contributed by atoms with van der Waals surface area (Å²) >= 11 is 0. The van der Waals surface area contributed by atoms with Crippen LogP contribution in [0.25, 0.3) is 0 Å². The highest BCUT2D eigenvalue weighted by atomic mass is 16.7. The highest BCUT2D eigenvalue weighted by molar-refractivity contribution is 5.06. The summed E-state index contributed by atoms with van der Waals surface area (Å²) in [5, 5.41) is 50.9. The summed E-state index contributed by atoms with van der Waals surface area (Å²) in [5.74, 6) is 0.866. The summed E-state index contributed by atoms with van der Waals surface area (Å²) in [4.78, 5) is 0. The molecule has 1 fully saturated rings. The van der Waals surface area contributed by atoms with E-state index in [1.165, 1.54) is 122 Å². The topological polar surface area (TPSA) is 120 Å². The van der Waals surface area contributed by atoms with Crippen LogP contribution in [-0.4, -0.2) is 75.6 Å². The molecule has 1 saturated heterocycles. The van der Waals surface area contributed by atoms with Gasteiger partial charge in [-0.25, -0.2) is 0 Å². The van der Waals surface area contributed by atoms with E-state index in [-0.39, 0.29) is 6.61 Å². The number of hydrogen-bond donors (Lipinski definition) is 5. The molecule has 5 N–H and O–H groups in total. The van der Waals surface area contributed by atoms with Gasteiger partial charge in [-0.3, -0.25) is 0 Å². The third kappa shape index (κ3) is 21.4. The lowest BCUT2D eigenvalue weighted by atomic mass is 9.99. The van der Waals surface area contributed by atoms with Gasteiger partial charge in [-0.15, -0.1) is 0 Å². The summed E-state index contributed by atoms with van der Waals surface area (Å²) in [6.45, 7) is 6.57. The first-order chi connectivity index (χ1) is 22.3. The Bertz CT molecular complexity index is 700. The van der Waals surface area contributed by atoms with Crippen LogP contribution < -0.4 is 0 Å². The molecule has 0 aromatic heterocycles. The molecule has 0 aromatic rings. The fourth-order valence-corrected chi connectivity index (χ4v) is 6.43. The molecule has 7 heteroatoms. The quantitative estimate of drug-likeness (QED) is 0.0375. The van der Waals surface area contributed by atoms with Crippen molar-refractivity contribution in [2.45, 2.75) is 218 Å². The standard InChI is InChI=1S/C39H76O7/c1-4-6-7-8-9-10-11-12-15-18-21-24-27-33(31-45-39-38(44)37(43)36(42)35(30-40)46-39)29-34(41)28-25-22-19-16-13-14-17-20-23-26-32(3)5-2/h29,32,34-44H,4-28,30-31H2,1-3H3/b33-29+/t32?,34-,35+,36+,37-,38+,39+/m0/s1. The average Bonchev–Trinajstić information content (AvgIpc) is 3.05. The van der Waals surface area contributed by atoms with Crippen molar-refractivity contribution in [3.05, 3.63) is 11.6 Å². The molecule has 0 amide bonds. The maximum atomic E-state index is 10.8. The van der Waals surface area contributed by atoms with Gasteiger partial charge in [0.1, 0.15) is 24.4 Å². The Labute approximate surface area is 283 Å². The normalized spacial score (nSPS) is 23.6. The second kappa shape index (κ2) is 29.4. The third-order valence-corrected chi connectivity index (χ3v) is 9.95.